The Hall–Kier alpha value is -2.84. The summed E-state index contributed by atoms with van der Waals surface area (Å²) in [6.07, 6.45) is -2.45. The standard InChI is InChI=1S/C18H20FN3O5/c1-9-17(24)21(2)14-4-3-10(5-15(14)26-9)22-8-11(27-18(22)25)7-20-16(23)12-6-13(12)19/h3-5,9,11-13H,6-8H2,1-2H3,(H,20,23)/t9?,11-,12+,13-/m0/s1. The number of alkyl halides is 1. The molecule has 1 aliphatic carbocycles. The third kappa shape index (κ3) is 3.17. The van der Waals surface area contributed by atoms with E-state index in [9.17, 15) is 18.8 Å². The molecule has 0 bridgehead atoms. The Kier molecular flexibility index (Phi) is 4.16. The number of hydrogen-bond acceptors (Lipinski definition) is 5. The third-order valence-corrected chi connectivity index (χ3v) is 5.03. The monoisotopic (exact) mass is 377 g/mol. The molecule has 27 heavy (non-hydrogen) atoms. The number of benzene rings is 1. The maximum absolute atomic E-state index is 12.9. The van der Waals surface area contributed by atoms with Crippen LogP contribution < -0.4 is 19.9 Å². The molecule has 2 heterocycles. The van der Waals surface area contributed by atoms with Gasteiger partial charge in [-0.15, -0.1) is 0 Å². The van der Waals surface area contributed by atoms with E-state index in [1.807, 2.05) is 0 Å². The summed E-state index contributed by atoms with van der Waals surface area (Å²) < 4.78 is 23.8. The van der Waals surface area contributed by atoms with Crippen molar-refractivity contribution < 1.29 is 28.2 Å². The predicted molar refractivity (Wildman–Crippen MR) is 93.6 cm³/mol. The first-order valence-corrected chi connectivity index (χ1v) is 8.83. The molecule has 9 heteroatoms. The number of fused-ring (bicyclic) bond motifs is 1. The number of hydrogen-bond donors (Lipinski definition) is 1. The number of ether oxygens (including phenoxy) is 2. The van der Waals surface area contributed by atoms with E-state index >= 15 is 0 Å². The van der Waals surface area contributed by atoms with Gasteiger partial charge in [-0.2, -0.15) is 0 Å². The number of rotatable bonds is 4. The van der Waals surface area contributed by atoms with Gasteiger partial charge in [0.1, 0.15) is 18.0 Å². The first kappa shape index (κ1) is 17.6. The zero-order valence-electron chi connectivity index (χ0n) is 15.0. The smallest absolute Gasteiger partial charge is 0.414 e. The molecule has 4 rings (SSSR count). The van der Waals surface area contributed by atoms with Crippen molar-refractivity contribution in [1.82, 2.24) is 5.32 Å². The number of carbonyl (C=O) groups excluding carboxylic acids is 3. The summed E-state index contributed by atoms with van der Waals surface area (Å²) in [5, 5.41) is 2.62. The highest BCUT2D eigenvalue weighted by Crippen LogP contribution is 2.37. The molecule has 144 valence electrons. The molecule has 3 amide bonds. The average Bonchev–Trinajstić information content (AvgIpc) is 3.26. The highest BCUT2D eigenvalue weighted by Gasteiger charge is 2.44. The zero-order valence-corrected chi connectivity index (χ0v) is 15.0. The van der Waals surface area contributed by atoms with Crippen molar-refractivity contribution in [3.8, 4) is 5.75 Å². The third-order valence-electron chi connectivity index (χ3n) is 5.03. The van der Waals surface area contributed by atoms with Crippen molar-refractivity contribution in [2.24, 2.45) is 5.92 Å². The normalized spacial score (nSPS) is 29.1. The summed E-state index contributed by atoms with van der Waals surface area (Å²) in [6, 6.07) is 5.11. The zero-order chi connectivity index (χ0) is 19.3. The van der Waals surface area contributed by atoms with Gasteiger partial charge in [0.2, 0.25) is 5.91 Å². The summed E-state index contributed by atoms with van der Waals surface area (Å²) in [7, 11) is 1.67. The Balaban J connectivity index is 1.43. The fourth-order valence-corrected chi connectivity index (χ4v) is 3.29. The molecule has 1 saturated carbocycles. The van der Waals surface area contributed by atoms with E-state index in [4.69, 9.17) is 9.47 Å². The molecule has 2 fully saturated rings. The number of anilines is 2. The second-order valence-corrected chi connectivity index (χ2v) is 7.03. The number of nitrogens with zero attached hydrogens (tertiary/aromatic N) is 2. The molecule has 0 aromatic heterocycles. The summed E-state index contributed by atoms with van der Waals surface area (Å²) in [4.78, 5) is 38.8. The lowest BCUT2D eigenvalue weighted by Crippen LogP contribution is -2.42. The van der Waals surface area contributed by atoms with Crippen LogP contribution in [0.2, 0.25) is 0 Å². The molecule has 2 aliphatic heterocycles. The number of cyclic esters (lactones) is 1. The first-order valence-electron chi connectivity index (χ1n) is 8.83. The first-order chi connectivity index (χ1) is 12.8. The van der Waals surface area contributed by atoms with Crippen LogP contribution in [0.4, 0.5) is 20.6 Å². The van der Waals surface area contributed by atoms with Gasteiger partial charge in [0.15, 0.2) is 6.10 Å². The van der Waals surface area contributed by atoms with Gasteiger partial charge in [-0.1, -0.05) is 0 Å². The summed E-state index contributed by atoms with van der Waals surface area (Å²) >= 11 is 0. The van der Waals surface area contributed by atoms with Crippen LogP contribution >= 0.6 is 0 Å². The van der Waals surface area contributed by atoms with Gasteiger partial charge in [0.25, 0.3) is 5.91 Å². The van der Waals surface area contributed by atoms with E-state index in [1.54, 1.807) is 32.2 Å². The average molecular weight is 377 g/mol. The van der Waals surface area contributed by atoms with Gasteiger partial charge in [0.05, 0.1) is 30.4 Å². The van der Waals surface area contributed by atoms with Crippen molar-refractivity contribution in [2.45, 2.75) is 31.7 Å². The molecule has 0 radical (unpaired) electrons. The van der Waals surface area contributed by atoms with Gasteiger partial charge in [-0.05, 0) is 25.5 Å². The Bertz CT molecular complexity index is 816. The van der Waals surface area contributed by atoms with Gasteiger partial charge >= 0.3 is 6.09 Å². The number of carbonyl (C=O) groups is 3. The Morgan fingerprint density at radius 1 is 1.33 bits per heavy atom. The second kappa shape index (κ2) is 6.40. The largest absolute Gasteiger partial charge is 0.479 e. The second-order valence-electron chi connectivity index (χ2n) is 7.03. The van der Waals surface area contributed by atoms with Crippen LogP contribution in [-0.2, 0) is 14.3 Å². The minimum atomic E-state index is -1.06. The van der Waals surface area contributed by atoms with Crippen molar-refractivity contribution in [2.75, 3.05) is 29.9 Å². The van der Waals surface area contributed by atoms with Gasteiger partial charge in [-0.25, -0.2) is 9.18 Å². The lowest BCUT2D eigenvalue weighted by Gasteiger charge is -2.31. The minimum absolute atomic E-state index is 0.139. The van der Waals surface area contributed by atoms with Crippen LogP contribution in [-0.4, -0.2) is 56.4 Å². The molecular formula is C18H20FN3O5. The fraction of sp³-hybridized carbons (Fsp3) is 0.500. The van der Waals surface area contributed by atoms with Crippen molar-refractivity contribution >= 4 is 29.3 Å². The molecule has 1 aromatic carbocycles. The quantitative estimate of drug-likeness (QED) is 0.853. The van der Waals surface area contributed by atoms with Crippen LogP contribution in [0.1, 0.15) is 13.3 Å². The molecule has 0 spiro atoms. The van der Waals surface area contributed by atoms with Crippen molar-refractivity contribution in [1.29, 1.82) is 0 Å². The summed E-state index contributed by atoms with van der Waals surface area (Å²) in [6.45, 7) is 2.06. The van der Waals surface area contributed by atoms with Crippen LogP contribution in [0.5, 0.6) is 5.75 Å². The molecule has 1 unspecified atom stereocenters. The summed E-state index contributed by atoms with van der Waals surface area (Å²) in [5.74, 6) is -0.550. The van der Waals surface area contributed by atoms with E-state index < -0.39 is 30.4 Å². The van der Waals surface area contributed by atoms with Gasteiger partial charge in [0, 0.05) is 13.1 Å². The van der Waals surface area contributed by atoms with Crippen LogP contribution in [0.15, 0.2) is 18.2 Å². The van der Waals surface area contributed by atoms with Gasteiger partial charge in [-0.3, -0.25) is 14.5 Å². The lowest BCUT2D eigenvalue weighted by atomic mass is 10.1. The van der Waals surface area contributed by atoms with Crippen LogP contribution in [0, 0.1) is 5.92 Å². The molecule has 1 N–H and O–H groups in total. The molecule has 1 saturated heterocycles. The highest BCUT2D eigenvalue weighted by molar-refractivity contribution is 6.00. The molecule has 1 aromatic rings. The van der Waals surface area contributed by atoms with Crippen LogP contribution in [0.25, 0.3) is 0 Å². The Morgan fingerprint density at radius 3 is 2.78 bits per heavy atom. The number of likely N-dealkylation sites (N-methyl/N-ethyl adjacent to an activating group) is 1. The Labute approximate surface area is 155 Å². The molecular weight excluding hydrogens is 357 g/mol. The van der Waals surface area contributed by atoms with E-state index in [-0.39, 0.29) is 31.3 Å². The topological polar surface area (TPSA) is 88.2 Å². The van der Waals surface area contributed by atoms with E-state index in [2.05, 4.69) is 5.32 Å². The number of nitrogens with one attached hydrogen (secondary N) is 1. The highest BCUT2D eigenvalue weighted by atomic mass is 19.1. The van der Waals surface area contributed by atoms with E-state index in [1.165, 1.54) is 9.80 Å². The Morgan fingerprint density at radius 2 is 2.07 bits per heavy atom. The molecule has 3 aliphatic rings. The van der Waals surface area contributed by atoms with Crippen molar-refractivity contribution in [3.63, 3.8) is 0 Å². The van der Waals surface area contributed by atoms with Crippen LogP contribution in [0.3, 0.4) is 0 Å². The van der Waals surface area contributed by atoms with Gasteiger partial charge < -0.3 is 19.7 Å². The number of halogens is 1. The van der Waals surface area contributed by atoms with E-state index in [0.717, 1.165) is 0 Å². The summed E-state index contributed by atoms with van der Waals surface area (Å²) in [5.41, 5.74) is 1.21. The fourth-order valence-electron chi connectivity index (χ4n) is 3.29. The minimum Gasteiger partial charge on any atom is -0.479 e. The molecule has 4 atom stereocenters. The predicted octanol–water partition coefficient (Wildman–Crippen LogP) is 1.23. The maximum Gasteiger partial charge on any atom is 0.414 e. The van der Waals surface area contributed by atoms with Crippen molar-refractivity contribution in [3.05, 3.63) is 18.2 Å². The SMILES string of the molecule is CC1Oc2cc(N3C[C@H](CNC(=O)[C@@H]4C[C@@H]4F)OC3=O)ccc2N(C)C1=O. The maximum atomic E-state index is 12.9. The molecule has 8 nitrogen and oxygen atoms in total. The number of amides is 3. The van der Waals surface area contributed by atoms with E-state index in [0.29, 0.717) is 17.1 Å². The lowest BCUT2D eigenvalue weighted by molar-refractivity contribution is -0.125.